The second kappa shape index (κ2) is 6.39. The molecule has 19 heavy (non-hydrogen) atoms. The van der Waals surface area contributed by atoms with Crippen molar-refractivity contribution in [2.75, 3.05) is 19.0 Å². The predicted molar refractivity (Wildman–Crippen MR) is 79.5 cm³/mol. The van der Waals surface area contributed by atoms with Gasteiger partial charge < -0.3 is 15.4 Å². The van der Waals surface area contributed by atoms with Gasteiger partial charge in [0.05, 0.1) is 12.8 Å². The lowest BCUT2D eigenvalue weighted by Gasteiger charge is -2.27. The lowest BCUT2D eigenvalue weighted by Crippen LogP contribution is -2.40. The van der Waals surface area contributed by atoms with Crippen LogP contribution in [0.3, 0.4) is 0 Å². The molecule has 0 saturated carbocycles. The third-order valence-electron chi connectivity index (χ3n) is 3.41. The lowest BCUT2D eigenvalue weighted by molar-refractivity contribution is -0.120. The molecule has 1 heterocycles. The molecule has 0 aliphatic carbocycles. The summed E-state index contributed by atoms with van der Waals surface area (Å²) in [6.07, 6.45) is 1.76. The SMILES string of the molecule is COc1ccc(Br)cc1NC(=O)[C@H]1CCN[C@@H](C)C1. The molecule has 0 unspecified atom stereocenters. The minimum atomic E-state index is 0.0694. The van der Waals surface area contributed by atoms with E-state index < -0.39 is 0 Å². The molecule has 1 aliphatic heterocycles. The second-order valence-corrected chi connectivity index (χ2v) is 5.83. The van der Waals surface area contributed by atoms with E-state index in [9.17, 15) is 4.79 Å². The lowest BCUT2D eigenvalue weighted by atomic mass is 9.92. The Morgan fingerprint density at radius 1 is 1.53 bits per heavy atom. The number of nitrogens with one attached hydrogen (secondary N) is 2. The van der Waals surface area contributed by atoms with E-state index in [0.29, 0.717) is 17.5 Å². The number of hydrogen-bond acceptors (Lipinski definition) is 3. The summed E-state index contributed by atoms with van der Waals surface area (Å²) in [5.41, 5.74) is 0.716. The van der Waals surface area contributed by atoms with Crippen LogP contribution in [-0.4, -0.2) is 25.6 Å². The number of methoxy groups -OCH3 is 1. The van der Waals surface area contributed by atoms with Crippen LogP contribution in [0, 0.1) is 5.92 Å². The molecule has 1 aromatic carbocycles. The maximum atomic E-state index is 12.3. The summed E-state index contributed by atoms with van der Waals surface area (Å²) in [7, 11) is 1.60. The van der Waals surface area contributed by atoms with Crippen molar-refractivity contribution in [2.24, 2.45) is 5.92 Å². The van der Waals surface area contributed by atoms with Crippen molar-refractivity contribution in [3.8, 4) is 5.75 Å². The molecule has 0 aromatic heterocycles. The van der Waals surface area contributed by atoms with Gasteiger partial charge in [0.1, 0.15) is 5.75 Å². The number of rotatable bonds is 3. The van der Waals surface area contributed by atoms with Crippen LogP contribution in [0.15, 0.2) is 22.7 Å². The maximum absolute atomic E-state index is 12.3. The molecule has 1 saturated heterocycles. The number of anilines is 1. The van der Waals surface area contributed by atoms with E-state index in [1.807, 2.05) is 18.2 Å². The van der Waals surface area contributed by atoms with Gasteiger partial charge in [0, 0.05) is 16.4 Å². The van der Waals surface area contributed by atoms with E-state index in [1.165, 1.54) is 0 Å². The van der Waals surface area contributed by atoms with E-state index in [2.05, 4.69) is 33.5 Å². The Morgan fingerprint density at radius 3 is 3.00 bits per heavy atom. The highest BCUT2D eigenvalue weighted by atomic mass is 79.9. The van der Waals surface area contributed by atoms with Crippen LogP contribution in [0.5, 0.6) is 5.75 Å². The van der Waals surface area contributed by atoms with Crippen LogP contribution in [0.1, 0.15) is 19.8 Å². The molecule has 2 atom stereocenters. The molecule has 0 spiro atoms. The molecule has 1 aliphatic rings. The van der Waals surface area contributed by atoms with Crippen molar-refractivity contribution in [2.45, 2.75) is 25.8 Å². The van der Waals surface area contributed by atoms with Gasteiger partial charge in [-0.2, -0.15) is 0 Å². The normalized spacial score (nSPS) is 22.9. The van der Waals surface area contributed by atoms with Crippen LogP contribution in [0.25, 0.3) is 0 Å². The minimum absolute atomic E-state index is 0.0694. The monoisotopic (exact) mass is 326 g/mol. The summed E-state index contributed by atoms with van der Waals surface area (Å²) in [6.45, 7) is 3.01. The Kier molecular flexibility index (Phi) is 4.82. The molecule has 0 radical (unpaired) electrons. The van der Waals surface area contributed by atoms with Gasteiger partial charge in [-0.25, -0.2) is 0 Å². The first-order chi connectivity index (χ1) is 9.10. The average Bonchev–Trinajstić information content (AvgIpc) is 2.39. The van der Waals surface area contributed by atoms with Gasteiger partial charge in [-0.3, -0.25) is 4.79 Å². The summed E-state index contributed by atoms with van der Waals surface area (Å²) in [4.78, 5) is 12.3. The highest BCUT2D eigenvalue weighted by molar-refractivity contribution is 9.10. The van der Waals surface area contributed by atoms with Gasteiger partial charge in [-0.1, -0.05) is 15.9 Å². The van der Waals surface area contributed by atoms with Crippen LogP contribution in [-0.2, 0) is 4.79 Å². The largest absolute Gasteiger partial charge is 0.495 e. The van der Waals surface area contributed by atoms with Gasteiger partial charge >= 0.3 is 0 Å². The van der Waals surface area contributed by atoms with Crippen molar-refractivity contribution >= 4 is 27.5 Å². The summed E-state index contributed by atoms with van der Waals surface area (Å²) >= 11 is 3.40. The number of carbonyl (C=O) groups is 1. The van der Waals surface area contributed by atoms with E-state index in [4.69, 9.17) is 4.74 Å². The van der Waals surface area contributed by atoms with Gasteiger partial charge in [0.2, 0.25) is 5.91 Å². The molecule has 2 N–H and O–H groups in total. The van der Waals surface area contributed by atoms with Crippen molar-refractivity contribution in [1.82, 2.24) is 5.32 Å². The van der Waals surface area contributed by atoms with Gasteiger partial charge in [-0.05, 0) is 44.5 Å². The first-order valence-corrected chi connectivity index (χ1v) is 7.27. The van der Waals surface area contributed by atoms with Crippen molar-refractivity contribution in [3.63, 3.8) is 0 Å². The number of hydrogen-bond donors (Lipinski definition) is 2. The smallest absolute Gasteiger partial charge is 0.227 e. The van der Waals surface area contributed by atoms with Gasteiger partial charge in [-0.15, -0.1) is 0 Å². The molecular weight excluding hydrogens is 308 g/mol. The number of piperidine rings is 1. The molecule has 1 fully saturated rings. The Morgan fingerprint density at radius 2 is 2.32 bits per heavy atom. The zero-order valence-electron chi connectivity index (χ0n) is 11.2. The summed E-state index contributed by atoms with van der Waals surface area (Å²) in [5, 5.41) is 6.32. The number of amides is 1. The van der Waals surface area contributed by atoms with E-state index >= 15 is 0 Å². The number of carbonyl (C=O) groups excluding carboxylic acids is 1. The van der Waals surface area contributed by atoms with E-state index in [0.717, 1.165) is 23.9 Å². The van der Waals surface area contributed by atoms with Crippen LogP contribution >= 0.6 is 15.9 Å². The summed E-state index contributed by atoms with van der Waals surface area (Å²) < 4.78 is 6.18. The molecule has 4 nitrogen and oxygen atoms in total. The molecular formula is C14H19BrN2O2. The molecule has 2 rings (SSSR count). The standard InChI is InChI=1S/C14H19BrN2O2/c1-9-7-10(5-6-16-9)14(18)17-12-8-11(15)3-4-13(12)19-2/h3-4,8-10,16H,5-7H2,1-2H3,(H,17,18)/t9-,10-/m0/s1. The maximum Gasteiger partial charge on any atom is 0.227 e. The zero-order valence-corrected chi connectivity index (χ0v) is 12.8. The fraction of sp³-hybridized carbons (Fsp3) is 0.500. The molecule has 104 valence electrons. The zero-order chi connectivity index (χ0) is 13.8. The highest BCUT2D eigenvalue weighted by Gasteiger charge is 2.25. The van der Waals surface area contributed by atoms with Gasteiger partial charge in [0.25, 0.3) is 0 Å². The van der Waals surface area contributed by atoms with Gasteiger partial charge in [0.15, 0.2) is 0 Å². The summed E-state index contributed by atoms with van der Waals surface area (Å²) in [6, 6.07) is 5.99. The quantitative estimate of drug-likeness (QED) is 0.898. The minimum Gasteiger partial charge on any atom is -0.495 e. The number of benzene rings is 1. The third kappa shape index (κ3) is 3.70. The van der Waals surface area contributed by atoms with Crippen LogP contribution in [0.4, 0.5) is 5.69 Å². The average molecular weight is 327 g/mol. The Labute approximate surface area is 122 Å². The van der Waals surface area contributed by atoms with Crippen molar-refractivity contribution < 1.29 is 9.53 Å². The van der Waals surface area contributed by atoms with Crippen LogP contribution in [0.2, 0.25) is 0 Å². The Bertz CT molecular complexity index is 465. The van der Waals surface area contributed by atoms with E-state index in [1.54, 1.807) is 7.11 Å². The first kappa shape index (κ1) is 14.3. The predicted octanol–water partition coefficient (Wildman–Crippen LogP) is 2.78. The molecule has 5 heteroatoms. The fourth-order valence-electron chi connectivity index (χ4n) is 2.38. The fourth-order valence-corrected chi connectivity index (χ4v) is 2.74. The van der Waals surface area contributed by atoms with Crippen molar-refractivity contribution in [1.29, 1.82) is 0 Å². The summed E-state index contributed by atoms with van der Waals surface area (Å²) in [5.74, 6) is 0.822. The number of ether oxygens (including phenoxy) is 1. The third-order valence-corrected chi connectivity index (χ3v) is 3.91. The molecule has 0 bridgehead atoms. The molecule has 1 amide bonds. The van der Waals surface area contributed by atoms with Crippen LogP contribution < -0.4 is 15.4 Å². The Balaban J connectivity index is 2.07. The Hall–Kier alpha value is -1.07. The highest BCUT2D eigenvalue weighted by Crippen LogP contribution is 2.29. The molecule has 1 aromatic rings. The number of halogens is 1. The van der Waals surface area contributed by atoms with E-state index in [-0.39, 0.29) is 11.8 Å². The topological polar surface area (TPSA) is 50.4 Å². The van der Waals surface area contributed by atoms with Crippen molar-refractivity contribution in [3.05, 3.63) is 22.7 Å². The second-order valence-electron chi connectivity index (χ2n) is 4.91. The first-order valence-electron chi connectivity index (χ1n) is 6.48.